The molecule has 0 saturated carbocycles. The molecule has 0 radical (unpaired) electrons. The maximum Gasteiger partial charge on any atom is 0.371 e. The van der Waals surface area contributed by atoms with Crippen molar-refractivity contribution in [2.45, 2.75) is 6.92 Å². The lowest BCUT2D eigenvalue weighted by Gasteiger charge is -2.06. The largest absolute Gasteiger partial charge is 0.475 e. The molecule has 2 aromatic heterocycles. The number of carbonyl (C=O) groups is 1. The zero-order valence-electron chi connectivity index (χ0n) is 17.5. The van der Waals surface area contributed by atoms with E-state index in [2.05, 4.69) is 9.97 Å². The lowest BCUT2D eigenvalue weighted by Crippen LogP contribution is -2.20. The van der Waals surface area contributed by atoms with Crippen molar-refractivity contribution in [3.05, 3.63) is 94.7 Å². The van der Waals surface area contributed by atoms with E-state index >= 15 is 0 Å². The van der Waals surface area contributed by atoms with E-state index in [-0.39, 0.29) is 11.5 Å². The molecule has 7 heteroatoms. The zero-order valence-corrected chi connectivity index (χ0v) is 17.5. The van der Waals surface area contributed by atoms with Crippen LogP contribution in [-0.2, 0) is 7.05 Å². The van der Waals surface area contributed by atoms with Gasteiger partial charge in [-0.2, -0.15) is 0 Å². The predicted molar refractivity (Wildman–Crippen MR) is 123 cm³/mol. The number of imidazole rings is 2. The normalized spacial score (nSPS) is 11.2. The third-order valence-corrected chi connectivity index (χ3v) is 5.56. The average Bonchev–Trinajstić information content (AvgIpc) is 3.35. The van der Waals surface area contributed by atoms with Crippen molar-refractivity contribution in [2.75, 3.05) is 0 Å². The summed E-state index contributed by atoms with van der Waals surface area (Å²) in [5, 5.41) is 9.51. The summed E-state index contributed by atoms with van der Waals surface area (Å²) in [4.78, 5) is 31.9. The number of benzene rings is 3. The number of hydrogen-bond donors (Lipinski definition) is 2. The van der Waals surface area contributed by atoms with Gasteiger partial charge >= 0.3 is 11.7 Å². The summed E-state index contributed by atoms with van der Waals surface area (Å²) >= 11 is 0. The van der Waals surface area contributed by atoms with Crippen molar-refractivity contribution in [1.29, 1.82) is 0 Å². The minimum Gasteiger partial charge on any atom is -0.475 e. The Kier molecular flexibility index (Phi) is 4.52. The predicted octanol–water partition coefficient (Wildman–Crippen LogP) is 4.39. The van der Waals surface area contributed by atoms with E-state index < -0.39 is 5.97 Å². The Morgan fingerprint density at radius 1 is 0.938 bits per heavy atom. The first-order valence-corrected chi connectivity index (χ1v) is 10.1. The average molecular weight is 424 g/mol. The van der Waals surface area contributed by atoms with Gasteiger partial charge < -0.3 is 10.1 Å². The topological polar surface area (TPSA) is 92.9 Å². The second-order valence-corrected chi connectivity index (χ2v) is 7.70. The fourth-order valence-corrected chi connectivity index (χ4v) is 4.00. The molecular weight excluding hydrogens is 404 g/mol. The van der Waals surface area contributed by atoms with E-state index in [1.807, 2.05) is 79.7 Å². The fraction of sp³-hybridized carbons (Fsp3) is 0.0800. The van der Waals surface area contributed by atoms with Crippen LogP contribution in [0.3, 0.4) is 0 Å². The quantitative estimate of drug-likeness (QED) is 0.447. The molecule has 3 aromatic carbocycles. The molecule has 2 N–H and O–H groups in total. The Labute approximate surface area is 183 Å². The highest BCUT2D eigenvalue weighted by Crippen LogP contribution is 2.32. The standard InChI is InChI=1S/C25H20N4O3/c1-15-7-6-8-16(13-15)21-22(27-23(26-21)24(30)31)17-11-12-19-20(14-17)28(2)25(32)29(19)18-9-4-3-5-10-18/h3-14H,1-2H3,(H,26,27)(H,30,31). The molecule has 2 heterocycles. The highest BCUT2D eigenvalue weighted by Gasteiger charge is 2.20. The van der Waals surface area contributed by atoms with Crippen LogP contribution in [0.15, 0.2) is 77.6 Å². The van der Waals surface area contributed by atoms with Gasteiger partial charge in [0.15, 0.2) is 0 Å². The summed E-state index contributed by atoms with van der Waals surface area (Å²) in [6.07, 6.45) is 0. The number of aromatic carboxylic acids is 1. The highest BCUT2D eigenvalue weighted by molar-refractivity contribution is 5.91. The first-order chi connectivity index (χ1) is 15.4. The molecule has 0 spiro atoms. The Balaban J connectivity index is 1.74. The molecule has 0 amide bonds. The van der Waals surface area contributed by atoms with E-state index in [1.54, 1.807) is 16.2 Å². The molecule has 5 aromatic rings. The molecule has 0 saturated heterocycles. The van der Waals surface area contributed by atoms with Crippen LogP contribution in [0.5, 0.6) is 0 Å². The molecule has 0 aliphatic carbocycles. The van der Waals surface area contributed by atoms with E-state index in [4.69, 9.17) is 0 Å². The van der Waals surface area contributed by atoms with Crippen LogP contribution in [0.25, 0.3) is 39.2 Å². The number of carboxylic acid groups (broad SMARTS) is 1. The number of hydrogen-bond acceptors (Lipinski definition) is 3. The van der Waals surface area contributed by atoms with Crippen LogP contribution in [-0.4, -0.2) is 30.2 Å². The van der Waals surface area contributed by atoms with Crippen LogP contribution in [0.2, 0.25) is 0 Å². The lowest BCUT2D eigenvalue weighted by molar-refractivity contribution is 0.0685. The van der Waals surface area contributed by atoms with Crippen LogP contribution in [0.1, 0.15) is 16.2 Å². The molecular formula is C25H20N4O3. The number of para-hydroxylation sites is 1. The van der Waals surface area contributed by atoms with Gasteiger partial charge in [-0.3, -0.25) is 9.13 Å². The second-order valence-electron chi connectivity index (χ2n) is 7.70. The summed E-state index contributed by atoms with van der Waals surface area (Å²) in [7, 11) is 1.73. The minimum absolute atomic E-state index is 0.132. The number of aryl methyl sites for hydroxylation is 2. The smallest absolute Gasteiger partial charge is 0.371 e. The summed E-state index contributed by atoms with van der Waals surface area (Å²) in [5.41, 5.74) is 5.89. The van der Waals surface area contributed by atoms with Gasteiger partial charge in [-0.15, -0.1) is 0 Å². The van der Waals surface area contributed by atoms with Crippen molar-refractivity contribution >= 4 is 17.0 Å². The van der Waals surface area contributed by atoms with Crippen LogP contribution in [0, 0.1) is 6.92 Å². The zero-order chi connectivity index (χ0) is 22.4. The molecule has 0 aliphatic rings. The number of aromatic nitrogens is 4. The van der Waals surface area contributed by atoms with Crippen molar-refractivity contribution in [2.24, 2.45) is 7.05 Å². The fourth-order valence-electron chi connectivity index (χ4n) is 4.00. The minimum atomic E-state index is -1.13. The third-order valence-electron chi connectivity index (χ3n) is 5.56. The molecule has 0 unspecified atom stereocenters. The van der Waals surface area contributed by atoms with Crippen LogP contribution in [0.4, 0.5) is 0 Å². The molecule has 0 fully saturated rings. The molecule has 32 heavy (non-hydrogen) atoms. The number of H-pyrrole nitrogens is 1. The third kappa shape index (κ3) is 3.11. The van der Waals surface area contributed by atoms with Gasteiger partial charge in [-0.25, -0.2) is 14.6 Å². The molecule has 0 bridgehead atoms. The maximum absolute atomic E-state index is 13.0. The number of nitrogens with zero attached hydrogens (tertiary/aromatic N) is 3. The van der Waals surface area contributed by atoms with Gasteiger partial charge in [0.1, 0.15) is 0 Å². The number of aromatic amines is 1. The Hall–Kier alpha value is -4.39. The van der Waals surface area contributed by atoms with Gasteiger partial charge in [-0.1, -0.05) is 48.0 Å². The lowest BCUT2D eigenvalue weighted by atomic mass is 10.0. The monoisotopic (exact) mass is 424 g/mol. The van der Waals surface area contributed by atoms with Crippen molar-refractivity contribution in [3.8, 4) is 28.2 Å². The number of rotatable bonds is 4. The number of fused-ring (bicyclic) bond motifs is 1. The Bertz CT molecular complexity index is 1540. The van der Waals surface area contributed by atoms with Crippen LogP contribution >= 0.6 is 0 Å². The van der Waals surface area contributed by atoms with Crippen molar-refractivity contribution < 1.29 is 9.90 Å². The van der Waals surface area contributed by atoms with Gasteiger partial charge in [0.2, 0.25) is 5.82 Å². The summed E-state index contributed by atoms with van der Waals surface area (Å²) < 4.78 is 3.25. The first-order valence-electron chi connectivity index (χ1n) is 10.1. The van der Waals surface area contributed by atoms with E-state index in [1.165, 1.54) is 0 Å². The van der Waals surface area contributed by atoms with Crippen molar-refractivity contribution in [1.82, 2.24) is 19.1 Å². The van der Waals surface area contributed by atoms with E-state index in [0.717, 1.165) is 33.4 Å². The van der Waals surface area contributed by atoms with Crippen molar-refractivity contribution in [3.63, 3.8) is 0 Å². The second kappa shape index (κ2) is 7.39. The molecule has 0 atom stereocenters. The maximum atomic E-state index is 13.0. The van der Waals surface area contributed by atoms with E-state index in [0.29, 0.717) is 11.4 Å². The first kappa shape index (κ1) is 19.6. The van der Waals surface area contributed by atoms with Gasteiger partial charge in [0.25, 0.3) is 0 Å². The Morgan fingerprint density at radius 2 is 1.72 bits per heavy atom. The SMILES string of the molecule is Cc1cccc(-c2nc(C(=O)O)[nH]c2-c2ccc3c(c2)n(C)c(=O)n3-c2ccccc2)c1. The molecule has 0 aliphatic heterocycles. The Morgan fingerprint density at radius 3 is 2.44 bits per heavy atom. The molecule has 7 nitrogen and oxygen atoms in total. The number of carboxylic acids is 1. The van der Waals surface area contributed by atoms with Gasteiger partial charge in [0, 0.05) is 18.2 Å². The summed E-state index contributed by atoms with van der Waals surface area (Å²) in [6, 6.07) is 22.8. The van der Waals surface area contributed by atoms with Gasteiger partial charge in [-0.05, 0) is 37.3 Å². The molecule has 5 rings (SSSR count). The van der Waals surface area contributed by atoms with Gasteiger partial charge in [0.05, 0.1) is 28.1 Å². The molecule has 158 valence electrons. The number of nitrogens with one attached hydrogen (secondary N) is 1. The highest BCUT2D eigenvalue weighted by atomic mass is 16.4. The van der Waals surface area contributed by atoms with Crippen LogP contribution < -0.4 is 5.69 Å². The summed E-state index contributed by atoms with van der Waals surface area (Å²) in [5.74, 6) is -1.26. The van der Waals surface area contributed by atoms with E-state index in [9.17, 15) is 14.7 Å². The summed E-state index contributed by atoms with van der Waals surface area (Å²) in [6.45, 7) is 1.97.